The predicted molar refractivity (Wildman–Crippen MR) is 72.2 cm³/mol. The number of carbonyl (C=O) groups is 1. The normalized spacial score (nSPS) is 10.4. The molecule has 0 aromatic heterocycles. The van der Waals surface area contributed by atoms with Crippen LogP contribution in [0.1, 0.15) is 54.2 Å². The van der Waals surface area contributed by atoms with E-state index in [1.165, 1.54) is 0 Å². The molecule has 0 aliphatic heterocycles. The quantitative estimate of drug-likeness (QED) is 0.815. The molecule has 0 unspecified atom stereocenters. The molecule has 0 saturated carbocycles. The molecule has 0 fully saturated rings. The first-order valence-electron chi connectivity index (χ1n) is 6.58. The Morgan fingerprint density at radius 2 is 1.94 bits per heavy atom. The van der Waals surface area contributed by atoms with Crippen molar-refractivity contribution in [1.29, 1.82) is 0 Å². The molecule has 3 nitrogen and oxygen atoms in total. The summed E-state index contributed by atoms with van der Waals surface area (Å²) in [5.41, 5.74) is 3.22. The molecule has 1 aromatic rings. The number of rotatable bonds is 5. The molecule has 100 valence electrons. The Morgan fingerprint density at radius 1 is 1.28 bits per heavy atom. The standard InChI is InChI=1S/C15H22O3/c1-5-8-12-11(6-2)13(16)9-10(4)14(12)15(17)18-7-3/h9,16H,5-8H2,1-4H3. The van der Waals surface area contributed by atoms with E-state index in [4.69, 9.17) is 4.74 Å². The van der Waals surface area contributed by atoms with Gasteiger partial charge in [0.1, 0.15) is 5.75 Å². The lowest BCUT2D eigenvalue weighted by Gasteiger charge is -2.16. The summed E-state index contributed by atoms with van der Waals surface area (Å²) in [5, 5.41) is 9.98. The molecule has 0 amide bonds. The van der Waals surface area contributed by atoms with Gasteiger partial charge in [0.05, 0.1) is 12.2 Å². The van der Waals surface area contributed by atoms with E-state index in [0.717, 1.165) is 29.5 Å². The monoisotopic (exact) mass is 250 g/mol. The molecule has 0 heterocycles. The Labute approximate surface area is 109 Å². The molecule has 1 aromatic carbocycles. The molecule has 0 aliphatic carbocycles. The van der Waals surface area contributed by atoms with Crippen LogP contribution in [0.15, 0.2) is 6.07 Å². The predicted octanol–water partition coefficient (Wildman–Crippen LogP) is 3.39. The number of hydrogen-bond acceptors (Lipinski definition) is 3. The zero-order chi connectivity index (χ0) is 13.7. The number of benzene rings is 1. The molecule has 1 N–H and O–H groups in total. The van der Waals surface area contributed by atoms with Crippen molar-refractivity contribution in [3.63, 3.8) is 0 Å². The second kappa shape index (κ2) is 6.43. The van der Waals surface area contributed by atoms with E-state index in [9.17, 15) is 9.90 Å². The van der Waals surface area contributed by atoms with Crippen LogP contribution in [-0.4, -0.2) is 17.7 Å². The highest BCUT2D eigenvalue weighted by molar-refractivity contribution is 5.93. The van der Waals surface area contributed by atoms with Crippen LogP contribution < -0.4 is 0 Å². The first-order valence-corrected chi connectivity index (χ1v) is 6.58. The zero-order valence-electron chi connectivity index (χ0n) is 11.7. The lowest BCUT2D eigenvalue weighted by molar-refractivity contribution is 0.0524. The minimum absolute atomic E-state index is 0.284. The van der Waals surface area contributed by atoms with Crippen LogP contribution in [0.4, 0.5) is 0 Å². The Morgan fingerprint density at radius 3 is 2.44 bits per heavy atom. The number of phenols is 1. The van der Waals surface area contributed by atoms with Gasteiger partial charge < -0.3 is 9.84 Å². The molecule has 0 aliphatic rings. The smallest absolute Gasteiger partial charge is 0.338 e. The summed E-state index contributed by atoms with van der Waals surface area (Å²) in [7, 11) is 0. The van der Waals surface area contributed by atoms with Crippen molar-refractivity contribution in [1.82, 2.24) is 0 Å². The molecular weight excluding hydrogens is 228 g/mol. The maximum Gasteiger partial charge on any atom is 0.338 e. The van der Waals surface area contributed by atoms with Crippen LogP contribution in [0.5, 0.6) is 5.75 Å². The van der Waals surface area contributed by atoms with Gasteiger partial charge in [0.2, 0.25) is 0 Å². The maximum atomic E-state index is 12.0. The summed E-state index contributed by atoms with van der Waals surface area (Å²) in [6, 6.07) is 1.66. The van der Waals surface area contributed by atoms with Crippen LogP contribution >= 0.6 is 0 Å². The summed E-state index contributed by atoms with van der Waals surface area (Å²) in [4.78, 5) is 12.0. The maximum absolute atomic E-state index is 12.0. The van der Waals surface area contributed by atoms with Gasteiger partial charge in [-0.2, -0.15) is 0 Å². The Hall–Kier alpha value is -1.51. The lowest BCUT2D eigenvalue weighted by Crippen LogP contribution is -2.12. The number of aryl methyl sites for hydroxylation is 1. The van der Waals surface area contributed by atoms with Gasteiger partial charge in [0.25, 0.3) is 0 Å². The highest BCUT2D eigenvalue weighted by Gasteiger charge is 2.20. The largest absolute Gasteiger partial charge is 0.508 e. The summed E-state index contributed by atoms with van der Waals surface area (Å²) < 4.78 is 5.11. The number of hydrogen-bond donors (Lipinski definition) is 1. The second-order valence-electron chi connectivity index (χ2n) is 4.37. The van der Waals surface area contributed by atoms with E-state index in [0.29, 0.717) is 18.6 Å². The Balaban J connectivity index is 3.41. The molecule has 0 bridgehead atoms. The third-order valence-electron chi connectivity index (χ3n) is 3.06. The SMILES string of the molecule is CCCc1c(CC)c(O)cc(C)c1C(=O)OCC. The molecular formula is C15H22O3. The molecule has 18 heavy (non-hydrogen) atoms. The van der Waals surface area contributed by atoms with Crippen LogP contribution in [0.2, 0.25) is 0 Å². The van der Waals surface area contributed by atoms with Crippen molar-refractivity contribution < 1.29 is 14.6 Å². The first kappa shape index (κ1) is 14.6. The van der Waals surface area contributed by atoms with Crippen LogP contribution in [-0.2, 0) is 17.6 Å². The third-order valence-corrected chi connectivity index (χ3v) is 3.06. The first-order chi connectivity index (χ1) is 8.56. The second-order valence-corrected chi connectivity index (χ2v) is 4.37. The van der Waals surface area contributed by atoms with Crippen molar-refractivity contribution >= 4 is 5.97 Å². The zero-order valence-corrected chi connectivity index (χ0v) is 11.7. The van der Waals surface area contributed by atoms with Crippen molar-refractivity contribution in [2.45, 2.75) is 47.0 Å². The van der Waals surface area contributed by atoms with Crippen LogP contribution in [0.3, 0.4) is 0 Å². The van der Waals surface area contributed by atoms with Crippen LogP contribution in [0, 0.1) is 6.92 Å². The summed E-state index contributed by atoms with van der Waals surface area (Å²) in [6.07, 6.45) is 2.43. The minimum Gasteiger partial charge on any atom is -0.508 e. The highest BCUT2D eigenvalue weighted by Crippen LogP contribution is 2.30. The van der Waals surface area contributed by atoms with Crippen molar-refractivity contribution in [2.24, 2.45) is 0 Å². The van der Waals surface area contributed by atoms with Crippen molar-refractivity contribution in [3.8, 4) is 5.75 Å². The van der Waals surface area contributed by atoms with Crippen LogP contribution in [0.25, 0.3) is 0 Å². The molecule has 1 rings (SSSR count). The average molecular weight is 250 g/mol. The van der Waals surface area contributed by atoms with Gasteiger partial charge in [-0.25, -0.2) is 4.79 Å². The van der Waals surface area contributed by atoms with E-state index < -0.39 is 0 Å². The van der Waals surface area contributed by atoms with E-state index in [1.54, 1.807) is 13.0 Å². The van der Waals surface area contributed by atoms with Gasteiger partial charge in [-0.15, -0.1) is 0 Å². The van der Waals surface area contributed by atoms with E-state index in [1.807, 2.05) is 13.8 Å². The molecule has 3 heteroatoms. The number of carbonyl (C=O) groups excluding carboxylic acids is 1. The molecule has 0 saturated heterocycles. The van der Waals surface area contributed by atoms with Gasteiger partial charge in [-0.3, -0.25) is 0 Å². The molecule has 0 atom stereocenters. The van der Waals surface area contributed by atoms with Crippen molar-refractivity contribution in [2.75, 3.05) is 6.61 Å². The van der Waals surface area contributed by atoms with E-state index >= 15 is 0 Å². The van der Waals surface area contributed by atoms with Gasteiger partial charge in [0.15, 0.2) is 0 Å². The molecule has 0 radical (unpaired) electrons. The molecule has 0 spiro atoms. The topological polar surface area (TPSA) is 46.5 Å². The number of aromatic hydroxyl groups is 1. The van der Waals surface area contributed by atoms with Gasteiger partial charge in [0, 0.05) is 0 Å². The average Bonchev–Trinajstić information content (AvgIpc) is 2.29. The Bertz CT molecular complexity index is 436. The number of ether oxygens (including phenoxy) is 1. The third kappa shape index (κ3) is 2.84. The minimum atomic E-state index is -0.284. The van der Waals surface area contributed by atoms with Gasteiger partial charge in [-0.05, 0) is 49.4 Å². The van der Waals surface area contributed by atoms with E-state index in [-0.39, 0.29) is 11.7 Å². The van der Waals surface area contributed by atoms with E-state index in [2.05, 4.69) is 6.92 Å². The fourth-order valence-electron chi connectivity index (χ4n) is 2.32. The van der Waals surface area contributed by atoms with Gasteiger partial charge in [-0.1, -0.05) is 20.3 Å². The summed E-state index contributed by atoms with van der Waals surface area (Å²) in [5.74, 6) is -0.000325. The fraction of sp³-hybridized carbons (Fsp3) is 0.533. The van der Waals surface area contributed by atoms with Crippen molar-refractivity contribution in [3.05, 3.63) is 28.3 Å². The highest BCUT2D eigenvalue weighted by atomic mass is 16.5. The summed E-state index contributed by atoms with van der Waals surface area (Å²) >= 11 is 0. The Kier molecular flexibility index (Phi) is 5.20. The van der Waals surface area contributed by atoms with Gasteiger partial charge >= 0.3 is 5.97 Å². The number of phenolic OH excluding ortho intramolecular Hbond substituents is 1. The fourth-order valence-corrected chi connectivity index (χ4v) is 2.32. The lowest BCUT2D eigenvalue weighted by atomic mass is 9.91. The number of esters is 1. The summed E-state index contributed by atoms with van der Waals surface area (Å²) in [6.45, 7) is 8.05.